The maximum atomic E-state index is 5.17. The molecule has 0 heterocycles. The van der Waals surface area contributed by atoms with Crippen molar-refractivity contribution in [3.63, 3.8) is 0 Å². The van der Waals surface area contributed by atoms with Crippen LogP contribution in [0, 0.1) is 12.3 Å². The fraction of sp³-hybridized carbons (Fsp3) is 0.800. The fourth-order valence-electron chi connectivity index (χ4n) is 1.42. The molecule has 0 radical (unpaired) electrons. The van der Waals surface area contributed by atoms with Gasteiger partial charge in [-0.3, -0.25) is 0 Å². The molecule has 2 nitrogen and oxygen atoms in total. The fourth-order valence-corrected chi connectivity index (χ4v) is 1.42. The van der Waals surface area contributed by atoms with Gasteiger partial charge in [-0.15, -0.1) is 12.3 Å². The normalized spacial score (nSPS) is 27.7. The summed E-state index contributed by atoms with van der Waals surface area (Å²) in [4.78, 5) is 0. The lowest BCUT2D eigenvalue weighted by atomic mass is 9.89. The molecule has 0 aromatic rings. The van der Waals surface area contributed by atoms with Gasteiger partial charge in [0, 0.05) is 19.6 Å². The van der Waals surface area contributed by atoms with Crippen LogP contribution in [0.3, 0.4) is 0 Å². The highest BCUT2D eigenvalue weighted by atomic mass is 16.5. The van der Waals surface area contributed by atoms with Crippen molar-refractivity contribution in [2.45, 2.75) is 37.8 Å². The van der Waals surface area contributed by atoms with Gasteiger partial charge in [0.2, 0.25) is 0 Å². The first kappa shape index (κ1) is 9.57. The zero-order valence-corrected chi connectivity index (χ0v) is 7.68. The van der Waals surface area contributed by atoms with E-state index in [9.17, 15) is 0 Å². The molecule has 0 unspecified atom stereocenters. The Balaban J connectivity index is 1.87. The molecule has 1 aliphatic carbocycles. The third kappa shape index (κ3) is 2.84. The molecule has 0 bridgehead atoms. The number of hydrogen-bond acceptors (Lipinski definition) is 2. The van der Waals surface area contributed by atoms with Crippen molar-refractivity contribution in [3.05, 3.63) is 0 Å². The summed E-state index contributed by atoms with van der Waals surface area (Å²) in [5, 5.41) is 3.44. The summed E-state index contributed by atoms with van der Waals surface area (Å²) in [6.07, 6.45) is 9.92. The lowest BCUT2D eigenvalue weighted by Gasteiger charge is -2.34. The SMILES string of the molecule is C#CCCCNC1CC(OC)C1. The maximum Gasteiger partial charge on any atom is 0.0601 e. The van der Waals surface area contributed by atoms with Crippen LogP contribution >= 0.6 is 0 Å². The van der Waals surface area contributed by atoms with Crippen molar-refractivity contribution in [2.75, 3.05) is 13.7 Å². The molecular formula is C10H17NO. The highest BCUT2D eigenvalue weighted by molar-refractivity contribution is 4.87. The molecule has 0 aromatic heterocycles. The molecule has 1 aliphatic rings. The summed E-state index contributed by atoms with van der Waals surface area (Å²) in [5.74, 6) is 2.63. The van der Waals surface area contributed by atoms with Gasteiger partial charge in [0.25, 0.3) is 0 Å². The molecule has 0 amide bonds. The Morgan fingerprint density at radius 1 is 1.58 bits per heavy atom. The predicted molar refractivity (Wildman–Crippen MR) is 49.9 cm³/mol. The van der Waals surface area contributed by atoms with E-state index in [2.05, 4.69) is 11.2 Å². The van der Waals surface area contributed by atoms with Gasteiger partial charge in [-0.05, 0) is 25.8 Å². The molecule has 12 heavy (non-hydrogen) atoms. The van der Waals surface area contributed by atoms with Crippen molar-refractivity contribution in [3.8, 4) is 12.3 Å². The zero-order chi connectivity index (χ0) is 8.81. The van der Waals surface area contributed by atoms with E-state index in [1.165, 1.54) is 0 Å². The molecule has 0 saturated heterocycles. The van der Waals surface area contributed by atoms with Crippen molar-refractivity contribution < 1.29 is 4.74 Å². The standard InChI is InChI=1S/C10H17NO/c1-3-4-5-6-11-9-7-10(8-9)12-2/h1,9-11H,4-8H2,2H3. The highest BCUT2D eigenvalue weighted by Gasteiger charge is 2.27. The maximum absolute atomic E-state index is 5.17. The number of rotatable bonds is 5. The summed E-state index contributed by atoms with van der Waals surface area (Å²) < 4.78 is 5.17. The monoisotopic (exact) mass is 167 g/mol. The van der Waals surface area contributed by atoms with Crippen LogP contribution in [0.25, 0.3) is 0 Å². The van der Waals surface area contributed by atoms with E-state index < -0.39 is 0 Å². The van der Waals surface area contributed by atoms with E-state index in [0.717, 1.165) is 32.2 Å². The third-order valence-corrected chi connectivity index (χ3v) is 2.36. The predicted octanol–water partition coefficient (Wildman–Crippen LogP) is 1.17. The lowest BCUT2D eigenvalue weighted by molar-refractivity contribution is 0.0176. The van der Waals surface area contributed by atoms with Crippen LogP contribution in [0.1, 0.15) is 25.7 Å². The second kappa shape index (κ2) is 5.18. The van der Waals surface area contributed by atoms with Crippen LogP contribution in [0.2, 0.25) is 0 Å². The van der Waals surface area contributed by atoms with E-state index in [-0.39, 0.29) is 0 Å². The number of unbranched alkanes of at least 4 members (excludes halogenated alkanes) is 1. The van der Waals surface area contributed by atoms with Crippen LogP contribution in [-0.2, 0) is 4.74 Å². The number of terminal acetylenes is 1. The van der Waals surface area contributed by atoms with Gasteiger partial charge in [-0.25, -0.2) is 0 Å². The average Bonchev–Trinajstić information content (AvgIpc) is 2.01. The van der Waals surface area contributed by atoms with Gasteiger partial charge in [-0.2, -0.15) is 0 Å². The molecule has 1 N–H and O–H groups in total. The Hall–Kier alpha value is -0.520. The Bertz CT molecular complexity index is 156. The first-order valence-electron chi connectivity index (χ1n) is 4.56. The largest absolute Gasteiger partial charge is 0.381 e. The molecule has 0 atom stereocenters. The topological polar surface area (TPSA) is 21.3 Å². The number of nitrogens with one attached hydrogen (secondary N) is 1. The lowest BCUT2D eigenvalue weighted by Crippen LogP contribution is -2.45. The van der Waals surface area contributed by atoms with Crippen LogP contribution in [0.15, 0.2) is 0 Å². The number of ether oxygens (including phenoxy) is 1. The molecule has 68 valence electrons. The van der Waals surface area contributed by atoms with E-state index >= 15 is 0 Å². The van der Waals surface area contributed by atoms with Crippen molar-refractivity contribution >= 4 is 0 Å². The second-order valence-corrected chi connectivity index (χ2v) is 3.29. The van der Waals surface area contributed by atoms with Gasteiger partial charge < -0.3 is 10.1 Å². The Kier molecular flexibility index (Phi) is 4.13. The van der Waals surface area contributed by atoms with Crippen LogP contribution in [0.4, 0.5) is 0 Å². The molecule has 0 aliphatic heterocycles. The van der Waals surface area contributed by atoms with E-state index in [4.69, 9.17) is 11.2 Å². The van der Waals surface area contributed by atoms with Crippen molar-refractivity contribution in [1.29, 1.82) is 0 Å². The Morgan fingerprint density at radius 3 is 2.92 bits per heavy atom. The Morgan fingerprint density at radius 2 is 2.33 bits per heavy atom. The highest BCUT2D eigenvalue weighted by Crippen LogP contribution is 2.22. The molecule has 1 saturated carbocycles. The van der Waals surface area contributed by atoms with Crippen molar-refractivity contribution in [1.82, 2.24) is 5.32 Å². The zero-order valence-electron chi connectivity index (χ0n) is 7.68. The summed E-state index contributed by atoms with van der Waals surface area (Å²) in [6.45, 7) is 1.05. The molecule has 1 rings (SSSR count). The van der Waals surface area contributed by atoms with E-state index in [1.54, 1.807) is 7.11 Å². The molecule has 2 heteroatoms. The first-order chi connectivity index (χ1) is 5.86. The summed E-state index contributed by atoms with van der Waals surface area (Å²) in [7, 11) is 1.78. The quantitative estimate of drug-likeness (QED) is 0.490. The van der Waals surface area contributed by atoms with E-state index in [1.807, 2.05) is 0 Å². The second-order valence-electron chi connectivity index (χ2n) is 3.29. The van der Waals surface area contributed by atoms with Gasteiger partial charge in [0.05, 0.1) is 6.10 Å². The molecule has 1 fully saturated rings. The summed E-state index contributed by atoms with van der Waals surface area (Å²) in [6, 6.07) is 0.674. The smallest absolute Gasteiger partial charge is 0.0601 e. The summed E-state index contributed by atoms with van der Waals surface area (Å²) in [5.41, 5.74) is 0. The minimum atomic E-state index is 0.495. The van der Waals surface area contributed by atoms with Crippen LogP contribution < -0.4 is 5.32 Å². The van der Waals surface area contributed by atoms with Crippen LogP contribution in [0.5, 0.6) is 0 Å². The third-order valence-electron chi connectivity index (χ3n) is 2.36. The molecule has 0 aromatic carbocycles. The number of methoxy groups -OCH3 is 1. The first-order valence-corrected chi connectivity index (χ1v) is 4.56. The van der Waals surface area contributed by atoms with Gasteiger partial charge in [-0.1, -0.05) is 0 Å². The minimum Gasteiger partial charge on any atom is -0.381 e. The minimum absolute atomic E-state index is 0.495. The average molecular weight is 167 g/mol. The van der Waals surface area contributed by atoms with E-state index in [0.29, 0.717) is 12.1 Å². The molecule has 0 spiro atoms. The van der Waals surface area contributed by atoms with Crippen molar-refractivity contribution in [2.24, 2.45) is 0 Å². The van der Waals surface area contributed by atoms with Gasteiger partial charge in [0.1, 0.15) is 0 Å². The van der Waals surface area contributed by atoms with Gasteiger partial charge >= 0.3 is 0 Å². The summed E-state index contributed by atoms with van der Waals surface area (Å²) >= 11 is 0. The van der Waals surface area contributed by atoms with Crippen LogP contribution in [-0.4, -0.2) is 25.8 Å². The molecular weight excluding hydrogens is 150 g/mol. The Labute approximate surface area is 74.7 Å². The van der Waals surface area contributed by atoms with Gasteiger partial charge in [0.15, 0.2) is 0 Å². The number of hydrogen-bond donors (Lipinski definition) is 1.